The van der Waals surface area contributed by atoms with Gasteiger partial charge in [0.2, 0.25) is 5.22 Å². The number of rotatable bonds is 2. The summed E-state index contributed by atoms with van der Waals surface area (Å²) in [7, 11) is 2.19. The third-order valence-electron chi connectivity index (χ3n) is 6.43. The van der Waals surface area contributed by atoms with Crippen LogP contribution in [0.2, 0.25) is 0 Å². The molecule has 2 aliphatic heterocycles. The molecule has 0 unspecified atom stereocenters. The van der Waals surface area contributed by atoms with Crippen LogP contribution in [0.4, 0.5) is 0 Å². The van der Waals surface area contributed by atoms with Gasteiger partial charge in [0.1, 0.15) is 12.2 Å². The first-order valence-electron chi connectivity index (χ1n) is 8.59. The average molecular weight is 380 g/mol. The molecule has 5 rings (SSSR count). The number of benzene rings is 1. The highest BCUT2D eigenvalue weighted by atomic mass is 35.5. The quantitative estimate of drug-likeness (QED) is 0.632. The van der Waals surface area contributed by atoms with E-state index in [9.17, 15) is 5.11 Å². The minimum Gasteiger partial charge on any atom is -0.482 e. The topological polar surface area (TPSA) is 41.9 Å². The van der Waals surface area contributed by atoms with Gasteiger partial charge in [-0.3, -0.25) is 0 Å². The van der Waals surface area contributed by atoms with Gasteiger partial charge in [-0.2, -0.15) is 0 Å². The summed E-state index contributed by atoms with van der Waals surface area (Å²) >= 11 is 11.6. The van der Waals surface area contributed by atoms with Crippen LogP contribution in [0.1, 0.15) is 17.5 Å². The molecule has 0 aromatic heterocycles. The van der Waals surface area contributed by atoms with Gasteiger partial charge in [0.05, 0.1) is 5.54 Å². The van der Waals surface area contributed by atoms with Crippen LogP contribution in [0.3, 0.4) is 0 Å². The lowest BCUT2D eigenvalue weighted by Crippen LogP contribution is -2.64. The number of ether oxygens (including phenoxy) is 2. The number of aliphatic hydroxyl groups excluding tert-OH is 1. The van der Waals surface area contributed by atoms with Crippen LogP contribution in [-0.4, -0.2) is 41.8 Å². The largest absolute Gasteiger partial charge is 0.482 e. The molecule has 1 aromatic carbocycles. The third kappa shape index (κ3) is 1.97. The molecule has 132 valence electrons. The molecule has 5 atom stereocenters. The van der Waals surface area contributed by atoms with Crippen LogP contribution in [0, 0.1) is 5.92 Å². The number of hydrogen-bond donors (Lipinski definition) is 1. The molecule has 2 aliphatic carbocycles. The Morgan fingerprint density at radius 2 is 2.28 bits per heavy atom. The first kappa shape index (κ1) is 16.0. The summed E-state index contributed by atoms with van der Waals surface area (Å²) in [6, 6.07) is 4.42. The smallest absolute Gasteiger partial charge is 0.205 e. The zero-order chi connectivity index (χ0) is 17.3. The molecule has 0 radical (unpaired) electrons. The van der Waals surface area contributed by atoms with Crippen molar-refractivity contribution >= 4 is 23.2 Å². The summed E-state index contributed by atoms with van der Waals surface area (Å²) in [6.07, 6.45) is 5.12. The zero-order valence-corrected chi connectivity index (χ0v) is 15.3. The molecule has 0 amide bonds. The second-order valence-corrected chi connectivity index (χ2v) is 8.02. The van der Waals surface area contributed by atoms with Crippen molar-refractivity contribution in [1.82, 2.24) is 4.90 Å². The molecule has 6 heteroatoms. The van der Waals surface area contributed by atoms with Crippen molar-refractivity contribution < 1.29 is 14.6 Å². The summed E-state index contributed by atoms with van der Waals surface area (Å²) < 4.78 is 12.0. The van der Waals surface area contributed by atoms with Crippen molar-refractivity contribution in [2.24, 2.45) is 5.92 Å². The second-order valence-electron chi connectivity index (χ2n) is 7.42. The van der Waals surface area contributed by atoms with Crippen LogP contribution in [-0.2, 0) is 11.8 Å². The predicted molar refractivity (Wildman–Crippen MR) is 96.3 cm³/mol. The Morgan fingerprint density at radius 3 is 3.08 bits per heavy atom. The summed E-state index contributed by atoms with van der Waals surface area (Å²) in [6.45, 7) is 0.994. The maximum absolute atomic E-state index is 10.7. The summed E-state index contributed by atoms with van der Waals surface area (Å²) in [5.41, 5.74) is 3.49. The SMILES string of the molecule is CN1CC[C@]23c4c5ccc(OC(Cl)=CCl)c4O[C@H]2[C@@H](O)C=C[C@H]3[C@H]1C5. The fraction of sp³-hybridized carbons (Fsp3) is 0.474. The lowest BCUT2D eigenvalue weighted by molar-refractivity contribution is -0.0453. The standard InChI is InChI=1S/C19H19Cl2NO3/c1-22-7-6-19-11-3-4-13(23)18(19)25-17-14(24-15(21)9-20)5-2-10(16(17)19)8-12(11)22/h2-5,9,11-13,18,23H,6-8H2,1H3/t11-,12+,13-,18-,19-/m0/s1. The van der Waals surface area contributed by atoms with E-state index in [-0.39, 0.29) is 16.7 Å². The van der Waals surface area contributed by atoms with Gasteiger partial charge in [-0.1, -0.05) is 29.8 Å². The van der Waals surface area contributed by atoms with E-state index in [0.717, 1.165) is 25.1 Å². The third-order valence-corrected chi connectivity index (χ3v) is 6.92. The number of likely N-dealkylation sites (N-methyl/N-ethyl adjacent to an activating group) is 1. The Kier molecular flexibility index (Phi) is 3.46. The Morgan fingerprint density at radius 1 is 1.44 bits per heavy atom. The van der Waals surface area contributed by atoms with Crippen LogP contribution in [0.5, 0.6) is 11.5 Å². The van der Waals surface area contributed by atoms with Crippen LogP contribution < -0.4 is 9.47 Å². The lowest BCUT2D eigenvalue weighted by Gasteiger charge is -2.56. The zero-order valence-electron chi connectivity index (χ0n) is 13.8. The van der Waals surface area contributed by atoms with Gasteiger partial charge in [0.25, 0.3) is 0 Å². The van der Waals surface area contributed by atoms with Gasteiger partial charge in [-0.25, -0.2) is 0 Å². The number of halogens is 2. The normalized spacial score (nSPS) is 38.3. The van der Waals surface area contributed by atoms with E-state index in [2.05, 4.69) is 24.1 Å². The van der Waals surface area contributed by atoms with Gasteiger partial charge in [0.15, 0.2) is 11.5 Å². The van der Waals surface area contributed by atoms with Gasteiger partial charge in [-0.05, 0) is 49.7 Å². The second kappa shape index (κ2) is 5.40. The average Bonchev–Trinajstić information content (AvgIpc) is 2.96. The highest BCUT2D eigenvalue weighted by Gasteiger charge is 2.64. The number of hydrogen-bond acceptors (Lipinski definition) is 4. The van der Waals surface area contributed by atoms with E-state index in [1.807, 2.05) is 12.1 Å². The molecule has 4 aliphatic rings. The van der Waals surface area contributed by atoms with Gasteiger partial charge < -0.3 is 19.5 Å². The van der Waals surface area contributed by atoms with E-state index in [4.69, 9.17) is 32.7 Å². The molecular formula is C19H19Cl2NO3. The maximum atomic E-state index is 10.7. The first-order chi connectivity index (χ1) is 12.1. The van der Waals surface area contributed by atoms with E-state index in [0.29, 0.717) is 17.7 Å². The van der Waals surface area contributed by atoms with Crippen molar-refractivity contribution in [1.29, 1.82) is 0 Å². The summed E-state index contributed by atoms with van der Waals surface area (Å²) in [5.74, 6) is 1.62. The van der Waals surface area contributed by atoms with Crippen molar-refractivity contribution in [3.8, 4) is 11.5 Å². The molecule has 2 heterocycles. The van der Waals surface area contributed by atoms with Gasteiger partial charge in [0, 0.05) is 22.9 Å². The molecule has 1 N–H and O–H groups in total. The van der Waals surface area contributed by atoms with Crippen molar-refractivity contribution in [2.75, 3.05) is 13.6 Å². The maximum Gasteiger partial charge on any atom is 0.205 e. The van der Waals surface area contributed by atoms with Crippen molar-refractivity contribution in [2.45, 2.75) is 36.5 Å². The molecule has 2 bridgehead atoms. The minimum atomic E-state index is -0.620. The Hall–Kier alpha value is -1.20. The molecule has 4 nitrogen and oxygen atoms in total. The fourth-order valence-electron chi connectivity index (χ4n) is 5.44. The van der Waals surface area contributed by atoms with E-state index in [1.54, 1.807) is 0 Å². The molecule has 1 aromatic rings. The van der Waals surface area contributed by atoms with Gasteiger partial charge in [-0.15, -0.1) is 0 Å². The molecule has 25 heavy (non-hydrogen) atoms. The Balaban J connectivity index is 1.73. The van der Waals surface area contributed by atoms with E-state index >= 15 is 0 Å². The molecule has 1 fully saturated rings. The highest BCUT2D eigenvalue weighted by Crippen LogP contribution is 2.62. The Labute approximate surface area is 156 Å². The highest BCUT2D eigenvalue weighted by molar-refractivity contribution is 6.35. The number of aliphatic hydroxyl groups is 1. The van der Waals surface area contributed by atoms with Crippen molar-refractivity contribution in [3.05, 3.63) is 46.2 Å². The molecular weight excluding hydrogens is 361 g/mol. The van der Waals surface area contributed by atoms with Crippen molar-refractivity contribution in [3.63, 3.8) is 0 Å². The monoisotopic (exact) mass is 379 g/mol. The van der Waals surface area contributed by atoms with Gasteiger partial charge >= 0.3 is 0 Å². The number of piperidine rings is 1. The minimum absolute atomic E-state index is 0.0983. The summed E-state index contributed by atoms with van der Waals surface area (Å²) in [4.78, 5) is 2.44. The van der Waals surface area contributed by atoms with Crippen LogP contribution >= 0.6 is 23.2 Å². The molecule has 1 saturated heterocycles. The summed E-state index contributed by atoms with van der Waals surface area (Å²) in [5, 5.41) is 10.7. The lowest BCUT2D eigenvalue weighted by atomic mass is 9.53. The van der Waals surface area contributed by atoms with E-state index < -0.39 is 6.10 Å². The number of nitrogens with zero attached hydrogens (tertiary/aromatic N) is 1. The number of likely N-dealkylation sites (tertiary alicyclic amines) is 1. The Bertz CT molecular complexity index is 808. The first-order valence-corrected chi connectivity index (χ1v) is 9.41. The van der Waals surface area contributed by atoms with Crippen LogP contribution in [0.15, 0.2) is 35.0 Å². The molecule has 1 spiro atoms. The van der Waals surface area contributed by atoms with E-state index in [1.165, 1.54) is 16.7 Å². The molecule has 0 saturated carbocycles. The fourth-order valence-corrected chi connectivity index (χ4v) is 5.56. The predicted octanol–water partition coefficient (Wildman–Crippen LogP) is 3.15. The van der Waals surface area contributed by atoms with Crippen LogP contribution in [0.25, 0.3) is 0 Å².